The van der Waals surface area contributed by atoms with E-state index in [-0.39, 0.29) is 18.9 Å². The fourth-order valence-corrected chi connectivity index (χ4v) is 1.66. The smallest absolute Gasteiger partial charge is 0.344 e. The highest BCUT2D eigenvalue weighted by molar-refractivity contribution is 5.78. The third kappa shape index (κ3) is 4.89. The molecule has 0 aromatic heterocycles. The van der Waals surface area contributed by atoms with E-state index < -0.39 is 30.1 Å². The molecule has 0 aromatic carbocycles. The van der Waals surface area contributed by atoms with Gasteiger partial charge in [0.15, 0.2) is 6.61 Å². The van der Waals surface area contributed by atoms with E-state index in [1.54, 1.807) is 13.8 Å². The summed E-state index contributed by atoms with van der Waals surface area (Å²) < 4.78 is 14.8. The molecule has 0 amide bonds. The molecule has 0 bridgehead atoms. The van der Waals surface area contributed by atoms with Gasteiger partial charge in [0.2, 0.25) is 0 Å². The predicted molar refractivity (Wildman–Crippen MR) is 65.1 cm³/mol. The third-order valence-corrected chi connectivity index (χ3v) is 3.12. The standard InChI is InChI=1S/C13H20O6/c1-4-9(2)12(16)18-8-11(15)19-13(3)5-6-17-10(14)7-13/h9H,4-8H2,1-3H3. The Hall–Kier alpha value is -1.59. The normalized spacial score (nSPS) is 24.3. The van der Waals surface area contributed by atoms with Crippen molar-refractivity contribution in [1.82, 2.24) is 0 Å². The SMILES string of the molecule is CCC(C)C(=O)OCC(=O)OC1(C)CCOC(=O)C1. The Morgan fingerprint density at radius 1 is 1.47 bits per heavy atom. The molecule has 1 aliphatic rings. The summed E-state index contributed by atoms with van der Waals surface area (Å²) in [6, 6.07) is 0. The molecule has 1 rings (SSSR count). The fourth-order valence-electron chi connectivity index (χ4n) is 1.66. The Morgan fingerprint density at radius 3 is 2.74 bits per heavy atom. The largest absolute Gasteiger partial charge is 0.465 e. The minimum Gasteiger partial charge on any atom is -0.465 e. The highest BCUT2D eigenvalue weighted by atomic mass is 16.6. The first kappa shape index (κ1) is 15.5. The van der Waals surface area contributed by atoms with E-state index >= 15 is 0 Å². The Kier molecular flexibility index (Phi) is 5.32. The fraction of sp³-hybridized carbons (Fsp3) is 0.769. The Morgan fingerprint density at radius 2 is 2.16 bits per heavy atom. The van der Waals surface area contributed by atoms with Crippen molar-refractivity contribution >= 4 is 17.9 Å². The molecule has 1 heterocycles. The van der Waals surface area contributed by atoms with Crippen molar-refractivity contribution in [2.75, 3.05) is 13.2 Å². The van der Waals surface area contributed by atoms with Gasteiger partial charge in [-0.1, -0.05) is 13.8 Å². The summed E-state index contributed by atoms with van der Waals surface area (Å²) in [6.07, 6.45) is 1.12. The van der Waals surface area contributed by atoms with Crippen molar-refractivity contribution in [3.05, 3.63) is 0 Å². The van der Waals surface area contributed by atoms with Gasteiger partial charge in [0.1, 0.15) is 5.60 Å². The van der Waals surface area contributed by atoms with Gasteiger partial charge in [0, 0.05) is 6.42 Å². The monoisotopic (exact) mass is 272 g/mol. The molecule has 6 heteroatoms. The molecule has 0 spiro atoms. The van der Waals surface area contributed by atoms with E-state index in [9.17, 15) is 14.4 Å². The van der Waals surface area contributed by atoms with Crippen LogP contribution in [0.3, 0.4) is 0 Å². The Labute approximate surface area is 112 Å². The Bertz CT molecular complexity index is 364. The van der Waals surface area contributed by atoms with Crippen LogP contribution < -0.4 is 0 Å². The van der Waals surface area contributed by atoms with E-state index in [0.717, 1.165) is 0 Å². The van der Waals surface area contributed by atoms with Crippen LogP contribution in [0, 0.1) is 5.92 Å². The highest BCUT2D eigenvalue weighted by Gasteiger charge is 2.36. The number of carbonyl (C=O) groups is 3. The van der Waals surface area contributed by atoms with Crippen LogP contribution in [0.5, 0.6) is 0 Å². The van der Waals surface area contributed by atoms with E-state index in [0.29, 0.717) is 12.8 Å². The molecular formula is C13H20O6. The van der Waals surface area contributed by atoms with Crippen molar-refractivity contribution in [3.8, 4) is 0 Å². The maximum absolute atomic E-state index is 11.6. The highest BCUT2D eigenvalue weighted by Crippen LogP contribution is 2.25. The first-order valence-electron chi connectivity index (χ1n) is 6.40. The second-order valence-corrected chi connectivity index (χ2v) is 4.99. The van der Waals surface area contributed by atoms with Gasteiger partial charge in [-0.2, -0.15) is 0 Å². The maximum atomic E-state index is 11.6. The summed E-state index contributed by atoms with van der Waals surface area (Å²) in [5.74, 6) is -1.70. The zero-order chi connectivity index (χ0) is 14.5. The number of cyclic esters (lactones) is 1. The van der Waals surface area contributed by atoms with Crippen LogP contribution in [0.2, 0.25) is 0 Å². The summed E-state index contributed by atoms with van der Waals surface area (Å²) in [5.41, 5.74) is -0.866. The lowest BCUT2D eigenvalue weighted by Gasteiger charge is -2.31. The quantitative estimate of drug-likeness (QED) is 0.553. The number of esters is 3. The number of carbonyl (C=O) groups excluding carboxylic acids is 3. The number of ether oxygens (including phenoxy) is 3. The summed E-state index contributed by atoms with van der Waals surface area (Å²) in [7, 11) is 0. The van der Waals surface area contributed by atoms with Crippen molar-refractivity contribution in [2.24, 2.45) is 5.92 Å². The predicted octanol–water partition coefficient (Wildman–Crippen LogP) is 1.21. The molecule has 6 nitrogen and oxygen atoms in total. The van der Waals surface area contributed by atoms with Gasteiger partial charge in [-0.15, -0.1) is 0 Å². The van der Waals surface area contributed by atoms with Crippen LogP contribution in [-0.2, 0) is 28.6 Å². The van der Waals surface area contributed by atoms with Crippen LogP contribution in [0.25, 0.3) is 0 Å². The second kappa shape index (κ2) is 6.54. The van der Waals surface area contributed by atoms with E-state index in [4.69, 9.17) is 14.2 Å². The third-order valence-electron chi connectivity index (χ3n) is 3.12. The summed E-state index contributed by atoms with van der Waals surface area (Å²) >= 11 is 0. The van der Waals surface area contributed by atoms with E-state index in [1.807, 2.05) is 6.92 Å². The number of hydrogen-bond donors (Lipinski definition) is 0. The van der Waals surface area contributed by atoms with Crippen molar-refractivity contribution in [3.63, 3.8) is 0 Å². The first-order valence-corrected chi connectivity index (χ1v) is 6.40. The zero-order valence-corrected chi connectivity index (χ0v) is 11.6. The lowest BCUT2D eigenvalue weighted by atomic mass is 9.96. The van der Waals surface area contributed by atoms with Crippen molar-refractivity contribution < 1.29 is 28.6 Å². The van der Waals surface area contributed by atoms with Crippen LogP contribution >= 0.6 is 0 Å². The molecule has 1 fully saturated rings. The van der Waals surface area contributed by atoms with Gasteiger partial charge in [0.25, 0.3) is 0 Å². The minimum atomic E-state index is -0.866. The average Bonchev–Trinajstić information content (AvgIpc) is 2.34. The molecule has 1 saturated heterocycles. The number of hydrogen-bond acceptors (Lipinski definition) is 6. The van der Waals surface area contributed by atoms with Crippen molar-refractivity contribution in [2.45, 2.75) is 45.6 Å². The van der Waals surface area contributed by atoms with Crippen LogP contribution in [0.1, 0.15) is 40.0 Å². The summed E-state index contributed by atoms with van der Waals surface area (Å²) in [4.78, 5) is 34.1. The molecule has 0 aromatic rings. The van der Waals surface area contributed by atoms with Crippen LogP contribution in [0.4, 0.5) is 0 Å². The first-order chi connectivity index (χ1) is 8.86. The van der Waals surface area contributed by atoms with Gasteiger partial charge in [-0.25, -0.2) is 4.79 Å². The van der Waals surface area contributed by atoms with Gasteiger partial charge < -0.3 is 14.2 Å². The van der Waals surface area contributed by atoms with E-state index in [2.05, 4.69) is 0 Å². The van der Waals surface area contributed by atoms with Gasteiger partial charge >= 0.3 is 17.9 Å². The Balaban J connectivity index is 2.38. The van der Waals surface area contributed by atoms with Crippen LogP contribution in [-0.4, -0.2) is 36.7 Å². The topological polar surface area (TPSA) is 78.9 Å². The molecule has 2 unspecified atom stereocenters. The van der Waals surface area contributed by atoms with Crippen molar-refractivity contribution in [1.29, 1.82) is 0 Å². The molecule has 0 aliphatic carbocycles. The molecule has 19 heavy (non-hydrogen) atoms. The molecule has 108 valence electrons. The molecule has 0 N–H and O–H groups in total. The molecule has 0 saturated carbocycles. The van der Waals surface area contributed by atoms with Gasteiger partial charge in [-0.05, 0) is 13.3 Å². The summed E-state index contributed by atoms with van der Waals surface area (Å²) in [5, 5.41) is 0. The molecule has 2 atom stereocenters. The lowest BCUT2D eigenvalue weighted by Crippen LogP contribution is -2.41. The molecule has 0 radical (unpaired) electrons. The van der Waals surface area contributed by atoms with Gasteiger partial charge in [0.05, 0.1) is 18.9 Å². The second-order valence-electron chi connectivity index (χ2n) is 4.99. The van der Waals surface area contributed by atoms with E-state index in [1.165, 1.54) is 0 Å². The summed E-state index contributed by atoms with van der Waals surface area (Å²) in [6.45, 7) is 5.07. The minimum absolute atomic E-state index is 0.0258. The lowest BCUT2D eigenvalue weighted by molar-refractivity contribution is -0.181. The molecular weight excluding hydrogens is 252 g/mol. The zero-order valence-electron chi connectivity index (χ0n) is 11.6. The van der Waals surface area contributed by atoms with Gasteiger partial charge in [-0.3, -0.25) is 9.59 Å². The maximum Gasteiger partial charge on any atom is 0.344 e. The average molecular weight is 272 g/mol. The van der Waals surface area contributed by atoms with Crippen LogP contribution in [0.15, 0.2) is 0 Å². The molecule has 1 aliphatic heterocycles. The number of rotatable bonds is 5.